The fourth-order valence-corrected chi connectivity index (χ4v) is 10.6. The number of methoxy groups -OCH3 is 2. The number of Topliss-reactive ketones (excluding diaryl/α,β-unsaturated/α-hetero) is 1. The number of hydrogen-bond acceptors (Lipinski definition) is 5. The molecule has 0 aliphatic carbocycles. The maximum absolute atomic E-state index is 14.3. The number of ether oxygens (including phenoxy) is 3. The molecule has 0 fully saturated rings. The van der Waals surface area contributed by atoms with Gasteiger partial charge in [-0.3, -0.25) is 0 Å². The van der Waals surface area contributed by atoms with E-state index >= 15 is 0 Å². The van der Waals surface area contributed by atoms with Crippen LogP contribution in [-0.4, -0.2) is 43.8 Å². The van der Waals surface area contributed by atoms with E-state index in [1.54, 1.807) is 6.07 Å². The van der Waals surface area contributed by atoms with Gasteiger partial charge in [-0.2, -0.15) is 0 Å². The Bertz CT molecular complexity index is 1330. The first-order chi connectivity index (χ1) is 18.3. The third kappa shape index (κ3) is 4.85. The van der Waals surface area contributed by atoms with Gasteiger partial charge < -0.3 is 0 Å². The molecule has 0 spiro atoms. The molecule has 196 valence electrons. The van der Waals surface area contributed by atoms with Crippen molar-refractivity contribution in [2.24, 2.45) is 0 Å². The number of ketones is 1. The van der Waals surface area contributed by atoms with Crippen molar-refractivity contribution >= 4 is 44.9 Å². The average molecular weight is 551 g/mol. The molecule has 1 N–H and O–H groups in total. The summed E-state index contributed by atoms with van der Waals surface area (Å²) < 4.78 is 16.4. The van der Waals surface area contributed by atoms with E-state index < -0.39 is 18.5 Å². The van der Waals surface area contributed by atoms with E-state index in [9.17, 15) is 9.59 Å². The zero-order chi connectivity index (χ0) is 27.2. The number of rotatable bonds is 11. The molecule has 4 aromatic rings. The third-order valence-corrected chi connectivity index (χ3v) is 13.6. The molecule has 0 unspecified atom stereocenters. The molecule has 8 heteroatoms. The fourth-order valence-electron chi connectivity index (χ4n) is 4.71. The van der Waals surface area contributed by atoms with Gasteiger partial charge in [0, 0.05) is 0 Å². The topological polar surface area (TPSA) is 82.1 Å². The monoisotopic (exact) mass is 550 g/mol. The summed E-state index contributed by atoms with van der Waals surface area (Å²) in [4.78, 5) is 25.3. The van der Waals surface area contributed by atoms with Crippen LogP contribution in [0.2, 0.25) is 0 Å². The van der Waals surface area contributed by atoms with Crippen molar-refractivity contribution in [3.63, 3.8) is 0 Å². The molecule has 0 aliphatic rings. The summed E-state index contributed by atoms with van der Waals surface area (Å²) in [6.45, 7) is -0.568. The Hall–Kier alpha value is -3.86. The number of benzene rings is 4. The van der Waals surface area contributed by atoms with Gasteiger partial charge in [0.25, 0.3) is 0 Å². The van der Waals surface area contributed by atoms with Gasteiger partial charge in [-0.05, 0) is 0 Å². The number of carboxylic acids is 1. The summed E-state index contributed by atoms with van der Waals surface area (Å²) in [7, 11) is 2.82. The maximum atomic E-state index is 14.3. The molecule has 0 bridgehead atoms. The van der Waals surface area contributed by atoms with E-state index in [2.05, 4.69) is 0 Å². The SMILES string of the molecule is COc1c(OCC(=O)O)ccc(C(=O)CP(Cl)(c2ccccc2)(c2ccccc2)c2ccccc2)c1OC. The van der Waals surface area contributed by atoms with Crippen LogP contribution in [-0.2, 0) is 4.79 Å². The Morgan fingerprint density at radius 2 is 1.16 bits per heavy atom. The van der Waals surface area contributed by atoms with Crippen molar-refractivity contribution < 1.29 is 28.9 Å². The van der Waals surface area contributed by atoms with Crippen LogP contribution in [0, 0.1) is 0 Å². The van der Waals surface area contributed by atoms with Crippen LogP contribution in [0.5, 0.6) is 17.2 Å². The molecule has 0 aliphatic heterocycles. The standard InChI is InChI=1S/C30H28ClO6P/c1-35-29-25(18-19-27(30(29)36-2)37-20-28(33)34)26(32)21-38(31,22-12-6-3-7-13-22,23-14-8-4-9-15-23)24-16-10-5-11-17-24/h3-19H,20-21H2,1-2H3,(H,33,34). The van der Waals surface area contributed by atoms with Crippen LogP contribution in [0.3, 0.4) is 0 Å². The second kappa shape index (κ2) is 11.3. The predicted molar refractivity (Wildman–Crippen MR) is 153 cm³/mol. The molecule has 38 heavy (non-hydrogen) atoms. The van der Waals surface area contributed by atoms with Crippen molar-refractivity contribution in [2.75, 3.05) is 27.0 Å². The van der Waals surface area contributed by atoms with E-state index in [0.717, 1.165) is 15.9 Å². The summed E-state index contributed by atoms with van der Waals surface area (Å²) in [6.07, 6.45) is -0.0277. The number of carboxylic acid groups (broad SMARTS) is 1. The van der Waals surface area contributed by atoms with Gasteiger partial charge in [-0.1, -0.05) is 0 Å². The number of carbonyl (C=O) groups is 2. The van der Waals surface area contributed by atoms with Crippen molar-refractivity contribution in [1.29, 1.82) is 0 Å². The van der Waals surface area contributed by atoms with Gasteiger partial charge in [-0.25, -0.2) is 0 Å². The molecule has 4 rings (SSSR count). The summed E-state index contributed by atoms with van der Waals surface area (Å²) >= 11 is 8.05. The molecular weight excluding hydrogens is 523 g/mol. The van der Waals surface area contributed by atoms with E-state index in [-0.39, 0.29) is 34.8 Å². The fraction of sp³-hybridized carbons (Fsp3) is 0.133. The number of hydrogen-bond donors (Lipinski definition) is 1. The number of carbonyl (C=O) groups excluding carboxylic acids is 1. The van der Waals surface area contributed by atoms with Crippen molar-refractivity contribution in [1.82, 2.24) is 0 Å². The normalized spacial score (nSPS) is 12.1. The van der Waals surface area contributed by atoms with Crippen LogP contribution in [0.15, 0.2) is 103 Å². The van der Waals surface area contributed by atoms with E-state index in [1.165, 1.54) is 20.3 Å². The molecule has 6 nitrogen and oxygen atoms in total. The molecule has 0 aromatic heterocycles. The minimum atomic E-state index is -3.88. The molecule has 0 atom stereocenters. The van der Waals surface area contributed by atoms with Crippen LogP contribution in [0.1, 0.15) is 10.4 Å². The second-order valence-corrected chi connectivity index (χ2v) is 15.1. The van der Waals surface area contributed by atoms with Crippen molar-refractivity contribution in [3.05, 3.63) is 109 Å². The predicted octanol–water partition coefficient (Wildman–Crippen LogP) is 5.03. The van der Waals surface area contributed by atoms with Crippen molar-refractivity contribution in [3.8, 4) is 17.2 Å². The summed E-state index contributed by atoms with van der Waals surface area (Å²) in [6, 6.07) is 32.2. The molecule has 0 saturated heterocycles. The Morgan fingerprint density at radius 1 is 0.711 bits per heavy atom. The second-order valence-electron chi connectivity index (χ2n) is 8.63. The molecule has 0 radical (unpaired) electrons. The third-order valence-electron chi connectivity index (χ3n) is 6.46. The van der Waals surface area contributed by atoms with Crippen LogP contribution >= 0.6 is 17.2 Å². The Balaban J connectivity index is 1.94. The quantitative estimate of drug-likeness (QED) is 0.208. The Kier molecular flexibility index (Phi) is 8.05. The molecular formula is C30H28ClO6P. The molecule has 0 saturated carbocycles. The first-order valence-corrected chi connectivity index (χ1v) is 15.2. The van der Waals surface area contributed by atoms with E-state index in [0.29, 0.717) is 0 Å². The molecule has 0 heterocycles. The molecule has 0 amide bonds. The van der Waals surface area contributed by atoms with Gasteiger partial charge >= 0.3 is 227 Å². The number of halogens is 1. The van der Waals surface area contributed by atoms with Crippen LogP contribution < -0.4 is 30.1 Å². The zero-order valence-electron chi connectivity index (χ0n) is 21.0. The van der Waals surface area contributed by atoms with Crippen LogP contribution in [0.25, 0.3) is 0 Å². The van der Waals surface area contributed by atoms with E-state index in [1.807, 2.05) is 91.0 Å². The Morgan fingerprint density at radius 3 is 1.55 bits per heavy atom. The van der Waals surface area contributed by atoms with Gasteiger partial charge in [0.05, 0.1) is 0 Å². The molecule has 4 aromatic carbocycles. The summed E-state index contributed by atoms with van der Waals surface area (Å²) in [5, 5.41) is 11.6. The van der Waals surface area contributed by atoms with Gasteiger partial charge in [0.15, 0.2) is 0 Å². The Labute approximate surface area is 226 Å². The van der Waals surface area contributed by atoms with Gasteiger partial charge in [0.1, 0.15) is 0 Å². The van der Waals surface area contributed by atoms with Gasteiger partial charge in [0.2, 0.25) is 0 Å². The first-order valence-electron chi connectivity index (χ1n) is 11.9. The van der Waals surface area contributed by atoms with Gasteiger partial charge in [-0.15, -0.1) is 0 Å². The van der Waals surface area contributed by atoms with Crippen LogP contribution in [0.4, 0.5) is 0 Å². The van der Waals surface area contributed by atoms with Crippen molar-refractivity contribution in [2.45, 2.75) is 0 Å². The minimum absolute atomic E-state index is 0.0277. The number of aliphatic carboxylic acids is 1. The first kappa shape index (κ1) is 27.2. The van der Waals surface area contributed by atoms with E-state index in [4.69, 9.17) is 30.6 Å². The zero-order valence-corrected chi connectivity index (χ0v) is 22.7. The summed E-state index contributed by atoms with van der Waals surface area (Å²) in [5.74, 6) is -4.84. The average Bonchev–Trinajstić information content (AvgIpc) is 2.96. The summed E-state index contributed by atoms with van der Waals surface area (Å²) in [5.41, 5.74) is 0.254.